The first-order chi connectivity index (χ1) is 15.7. The highest BCUT2D eigenvalue weighted by Crippen LogP contribution is 2.25. The van der Waals surface area contributed by atoms with E-state index in [1.54, 1.807) is 24.3 Å². The van der Waals surface area contributed by atoms with E-state index in [-0.39, 0.29) is 27.0 Å². The monoisotopic (exact) mass is 526 g/mol. The number of thioether (sulfide) groups is 1. The molecule has 0 radical (unpaired) electrons. The quantitative estimate of drug-likeness (QED) is 0.340. The number of nitrogens with one attached hydrogen (secondary N) is 2. The van der Waals surface area contributed by atoms with Gasteiger partial charge in [-0.2, -0.15) is 11.8 Å². The zero-order valence-electron chi connectivity index (χ0n) is 17.6. The molecule has 0 unspecified atom stereocenters. The maximum Gasteiger partial charge on any atom is 0.261 e. The van der Waals surface area contributed by atoms with Crippen molar-refractivity contribution in [1.82, 2.24) is 5.32 Å². The molecule has 2 N–H and O–H groups in total. The van der Waals surface area contributed by atoms with Crippen LogP contribution in [0.4, 0.5) is 10.1 Å². The summed E-state index contributed by atoms with van der Waals surface area (Å²) in [4.78, 5) is 12.6. The normalized spacial score (nSPS) is 11.3. The van der Waals surface area contributed by atoms with Crippen LogP contribution in [0.2, 0.25) is 10.0 Å². The number of anilines is 1. The van der Waals surface area contributed by atoms with Gasteiger partial charge >= 0.3 is 0 Å². The third-order valence-corrected chi connectivity index (χ3v) is 7.69. The van der Waals surface area contributed by atoms with E-state index in [4.69, 9.17) is 23.2 Å². The van der Waals surface area contributed by atoms with E-state index in [0.717, 1.165) is 5.56 Å². The first-order valence-corrected chi connectivity index (χ1v) is 13.2. The number of carbonyl (C=O) groups excluding carboxylic acids is 1. The highest BCUT2D eigenvalue weighted by molar-refractivity contribution is 7.98. The number of halogens is 3. The highest BCUT2D eigenvalue weighted by atomic mass is 35.5. The minimum absolute atomic E-state index is 0.113. The lowest BCUT2D eigenvalue weighted by atomic mass is 10.2. The topological polar surface area (TPSA) is 75.3 Å². The maximum absolute atomic E-state index is 13.8. The van der Waals surface area contributed by atoms with Crippen LogP contribution in [0.25, 0.3) is 0 Å². The molecule has 1 amide bonds. The maximum atomic E-state index is 13.8. The van der Waals surface area contributed by atoms with Gasteiger partial charge in [0.05, 0.1) is 21.2 Å². The molecule has 0 heterocycles. The summed E-state index contributed by atoms with van der Waals surface area (Å²) < 4.78 is 41.3. The predicted molar refractivity (Wildman–Crippen MR) is 133 cm³/mol. The SMILES string of the molecule is Cc1ccc(S(=O)(=O)Nc2ccc(C(=O)NCCSCc3c(F)cccc3Cl)c(Cl)c2)cc1. The smallest absolute Gasteiger partial charge is 0.261 e. The number of aryl methyl sites for hydroxylation is 1. The molecular weight excluding hydrogens is 506 g/mol. The van der Waals surface area contributed by atoms with E-state index in [9.17, 15) is 17.6 Å². The van der Waals surface area contributed by atoms with Crippen LogP contribution in [-0.2, 0) is 15.8 Å². The van der Waals surface area contributed by atoms with Crippen molar-refractivity contribution >= 4 is 56.6 Å². The van der Waals surface area contributed by atoms with Crippen molar-refractivity contribution in [1.29, 1.82) is 0 Å². The Kier molecular flexibility index (Phi) is 8.64. The summed E-state index contributed by atoms with van der Waals surface area (Å²) in [5.74, 6) is 0.182. The van der Waals surface area contributed by atoms with Gasteiger partial charge < -0.3 is 5.32 Å². The molecule has 0 spiro atoms. The van der Waals surface area contributed by atoms with Crippen LogP contribution < -0.4 is 10.0 Å². The molecule has 174 valence electrons. The Balaban J connectivity index is 1.53. The molecule has 0 aliphatic heterocycles. The van der Waals surface area contributed by atoms with Crippen molar-refractivity contribution in [3.63, 3.8) is 0 Å². The first-order valence-electron chi connectivity index (χ1n) is 9.85. The number of hydrogen-bond donors (Lipinski definition) is 2. The molecule has 10 heteroatoms. The molecule has 0 aliphatic carbocycles. The molecule has 33 heavy (non-hydrogen) atoms. The highest BCUT2D eigenvalue weighted by Gasteiger charge is 2.16. The van der Waals surface area contributed by atoms with Crippen LogP contribution in [0, 0.1) is 12.7 Å². The molecule has 0 aromatic heterocycles. The number of amides is 1. The third-order valence-electron chi connectivity index (χ3n) is 4.64. The van der Waals surface area contributed by atoms with Crippen LogP contribution in [0.5, 0.6) is 0 Å². The summed E-state index contributed by atoms with van der Waals surface area (Å²) in [6.45, 7) is 2.21. The molecule has 0 saturated carbocycles. The van der Waals surface area contributed by atoms with Crippen molar-refractivity contribution < 1.29 is 17.6 Å². The van der Waals surface area contributed by atoms with E-state index in [2.05, 4.69) is 10.0 Å². The molecule has 5 nitrogen and oxygen atoms in total. The molecule has 0 saturated heterocycles. The molecular formula is C23H21Cl2FN2O3S2. The van der Waals surface area contributed by atoms with Crippen LogP contribution in [-0.4, -0.2) is 26.6 Å². The Morgan fingerprint density at radius 1 is 1.03 bits per heavy atom. The van der Waals surface area contributed by atoms with Crippen molar-refractivity contribution in [2.45, 2.75) is 17.6 Å². The standard InChI is InChI=1S/C23H21Cl2FN2O3S2/c1-15-5-8-17(9-6-15)33(30,31)28-16-7-10-18(21(25)13-16)23(29)27-11-12-32-14-19-20(24)3-2-4-22(19)26/h2-10,13,28H,11-12,14H2,1H3,(H,27,29). The Morgan fingerprint density at radius 3 is 2.42 bits per heavy atom. The van der Waals surface area contributed by atoms with Gasteiger partial charge in [0.2, 0.25) is 0 Å². The van der Waals surface area contributed by atoms with Gasteiger partial charge in [0.25, 0.3) is 15.9 Å². The summed E-state index contributed by atoms with van der Waals surface area (Å²) >= 11 is 13.7. The summed E-state index contributed by atoms with van der Waals surface area (Å²) in [6, 6.07) is 15.3. The first kappa shape index (κ1) is 25.4. The Labute approximate surface area is 206 Å². The number of hydrogen-bond acceptors (Lipinski definition) is 4. The van der Waals surface area contributed by atoms with Gasteiger partial charge in [0, 0.05) is 28.6 Å². The molecule has 0 atom stereocenters. The van der Waals surface area contributed by atoms with E-state index in [0.29, 0.717) is 28.6 Å². The van der Waals surface area contributed by atoms with E-state index in [1.165, 1.54) is 48.2 Å². The lowest BCUT2D eigenvalue weighted by Gasteiger charge is -2.11. The van der Waals surface area contributed by atoms with E-state index in [1.807, 2.05) is 6.92 Å². The number of benzene rings is 3. The second kappa shape index (κ2) is 11.2. The van der Waals surface area contributed by atoms with Crippen molar-refractivity contribution in [2.75, 3.05) is 17.0 Å². The predicted octanol–water partition coefficient (Wildman–Crippen LogP) is 5.90. The van der Waals surface area contributed by atoms with Crippen LogP contribution >= 0.6 is 35.0 Å². The number of carbonyl (C=O) groups is 1. The van der Waals surface area contributed by atoms with Crippen LogP contribution in [0.1, 0.15) is 21.5 Å². The summed E-state index contributed by atoms with van der Waals surface area (Å²) in [5.41, 5.74) is 1.84. The summed E-state index contributed by atoms with van der Waals surface area (Å²) in [5, 5.41) is 3.23. The van der Waals surface area contributed by atoms with Gasteiger partial charge in [-0.05, 0) is 49.4 Å². The summed E-state index contributed by atoms with van der Waals surface area (Å²) in [7, 11) is -3.78. The van der Waals surface area contributed by atoms with Crippen LogP contribution in [0.15, 0.2) is 65.6 Å². The zero-order chi connectivity index (χ0) is 24.0. The lowest BCUT2D eigenvalue weighted by Crippen LogP contribution is -2.26. The van der Waals surface area contributed by atoms with E-state index < -0.39 is 15.9 Å². The fourth-order valence-electron chi connectivity index (χ4n) is 2.87. The molecule has 3 aromatic carbocycles. The molecule has 0 bridgehead atoms. The lowest BCUT2D eigenvalue weighted by molar-refractivity contribution is 0.0956. The largest absolute Gasteiger partial charge is 0.351 e. The second-order valence-corrected chi connectivity index (χ2v) is 10.7. The minimum Gasteiger partial charge on any atom is -0.351 e. The molecule has 3 rings (SSSR count). The molecule has 0 aliphatic rings. The zero-order valence-corrected chi connectivity index (χ0v) is 20.7. The Bertz CT molecular complexity index is 1230. The van der Waals surface area contributed by atoms with Crippen molar-refractivity contribution in [3.05, 3.63) is 93.2 Å². The molecule has 3 aromatic rings. The van der Waals surface area contributed by atoms with Crippen molar-refractivity contribution in [3.8, 4) is 0 Å². The third kappa shape index (κ3) is 6.86. The Hall–Kier alpha value is -2.26. The summed E-state index contributed by atoms with van der Waals surface area (Å²) in [6.07, 6.45) is 0. The van der Waals surface area contributed by atoms with Gasteiger partial charge in [-0.3, -0.25) is 9.52 Å². The van der Waals surface area contributed by atoms with Gasteiger partial charge in [-0.15, -0.1) is 0 Å². The van der Waals surface area contributed by atoms with Gasteiger partial charge in [0.1, 0.15) is 5.82 Å². The van der Waals surface area contributed by atoms with Gasteiger partial charge in [-0.1, -0.05) is 47.0 Å². The van der Waals surface area contributed by atoms with Gasteiger partial charge in [-0.25, -0.2) is 12.8 Å². The van der Waals surface area contributed by atoms with Crippen LogP contribution in [0.3, 0.4) is 0 Å². The fraction of sp³-hybridized carbons (Fsp3) is 0.174. The average Bonchev–Trinajstić information content (AvgIpc) is 2.75. The second-order valence-electron chi connectivity index (χ2n) is 7.12. The molecule has 0 fully saturated rings. The Morgan fingerprint density at radius 2 is 1.76 bits per heavy atom. The minimum atomic E-state index is -3.78. The number of sulfonamides is 1. The number of rotatable bonds is 9. The fourth-order valence-corrected chi connectivity index (χ4v) is 5.38. The van der Waals surface area contributed by atoms with E-state index >= 15 is 0 Å². The van der Waals surface area contributed by atoms with Gasteiger partial charge in [0.15, 0.2) is 0 Å². The van der Waals surface area contributed by atoms with Crippen molar-refractivity contribution in [2.24, 2.45) is 0 Å². The average molecular weight is 527 g/mol.